The van der Waals surface area contributed by atoms with Crippen molar-refractivity contribution in [3.05, 3.63) is 47.9 Å². The number of amides is 2. The lowest BCUT2D eigenvalue weighted by Gasteiger charge is -2.15. The van der Waals surface area contributed by atoms with Crippen LogP contribution < -0.4 is 10.6 Å². The van der Waals surface area contributed by atoms with Gasteiger partial charge in [-0.25, -0.2) is 27.6 Å². The lowest BCUT2D eigenvalue weighted by Crippen LogP contribution is -2.19. The van der Waals surface area contributed by atoms with Gasteiger partial charge in [0.25, 0.3) is 5.92 Å². The lowest BCUT2D eigenvalue weighted by molar-refractivity contribution is -0.119. The number of halogens is 4. The molecule has 0 bridgehead atoms. The highest BCUT2D eigenvalue weighted by Gasteiger charge is 2.75. The Morgan fingerprint density at radius 1 is 1.16 bits per heavy atom. The molecule has 0 saturated heterocycles. The van der Waals surface area contributed by atoms with Crippen LogP contribution in [0, 0.1) is 29.5 Å². The molecule has 2 fully saturated rings. The van der Waals surface area contributed by atoms with E-state index in [1.165, 1.54) is 37.0 Å². The zero-order chi connectivity index (χ0) is 26.5. The summed E-state index contributed by atoms with van der Waals surface area (Å²) >= 11 is 0. The van der Waals surface area contributed by atoms with Crippen molar-refractivity contribution in [2.75, 3.05) is 10.6 Å². The number of carbonyl (C=O) groups excluding carboxylic acids is 2. The Morgan fingerprint density at radius 3 is 2.59 bits per heavy atom. The normalized spacial score (nSPS) is 20.7. The average molecular weight is 519 g/mol. The summed E-state index contributed by atoms with van der Waals surface area (Å²) in [5.74, 6) is -7.73. The number of pyridine rings is 2. The minimum Gasteiger partial charge on any atom is -0.441 e. The maximum atomic E-state index is 14.0. The molecule has 0 aliphatic heterocycles. The van der Waals surface area contributed by atoms with Crippen molar-refractivity contribution in [1.29, 1.82) is 0 Å². The molecule has 2 aliphatic rings. The van der Waals surface area contributed by atoms with E-state index in [-0.39, 0.29) is 34.4 Å². The molecule has 2 saturated carbocycles. The average Bonchev–Trinajstić information content (AvgIpc) is 3.73. The largest absolute Gasteiger partial charge is 0.441 e. The van der Waals surface area contributed by atoms with E-state index in [1.807, 2.05) is 0 Å². The van der Waals surface area contributed by atoms with Gasteiger partial charge in [-0.3, -0.25) is 15.1 Å². The first-order valence-corrected chi connectivity index (χ1v) is 11.4. The fourth-order valence-electron chi connectivity index (χ4n) is 4.30. The molecule has 1 unspecified atom stereocenters. The summed E-state index contributed by atoms with van der Waals surface area (Å²) in [6.45, 7) is 1.35. The third kappa shape index (κ3) is 4.82. The first-order chi connectivity index (χ1) is 17.6. The van der Waals surface area contributed by atoms with Crippen LogP contribution in [-0.2, 0) is 16.6 Å². The molecule has 0 spiro atoms. The number of hydrogen-bond donors (Lipinski definition) is 2. The quantitative estimate of drug-likeness (QED) is 0.356. The number of anilines is 2. The number of aryl methyl sites for hydroxylation is 1. The number of nitrogens with one attached hydrogen (secondary N) is 2. The molecule has 0 radical (unpaired) electrons. The molecule has 14 heteroatoms. The molecule has 194 valence electrons. The van der Waals surface area contributed by atoms with Crippen LogP contribution >= 0.6 is 0 Å². The highest BCUT2D eigenvalue weighted by Crippen LogP contribution is 2.64. The van der Waals surface area contributed by atoms with Crippen LogP contribution in [0.2, 0.25) is 0 Å². The van der Waals surface area contributed by atoms with Crippen LogP contribution in [0.15, 0.2) is 30.6 Å². The summed E-state index contributed by atoms with van der Waals surface area (Å²) in [6.07, 6.45) is 1.27. The number of carbonyl (C=O) groups is 2. The second-order valence-corrected chi connectivity index (χ2v) is 9.05. The molecule has 3 heterocycles. The molecule has 3 aromatic rings. The SMILES string of the molecule is C[C@@H](OC(=O)Nc1c(-c2ccc(NC(=O)[C@H]3C(C4CC4)C3(F)F)cn2)nnn1C)c1cc(F)cnc1F. The summed E-state index contributed by atoms with van der Waals surface area (Å²) in [6, 6.07) is 3.81. The second-order valence-electron chi connectivity index (χ2n) is 9.05. The molecule has 37 heavy (non-hydrogen) atoms. The van der Waals surface area contributed by atoms with Crippen LogP contribution in [0.3, 0.4) is 0 Å². The molecule has 2 N–H and O–H groups in total. The van der Waals surface area contributed by atoms with E-state index < -0.39 is 47.6 Å². The molecule has 2 aliphatic carbocycles. The van der Waals surface area contributed by atoms with Crippen molar-refractivity contribution in [1.82, 2.24) is 25.0 Å². The summed E-state index contributed by atoms with van der Waals surface area (Å²) in [7, 11) is 1.49. The first kappa shape index (κ1) is 24.6. The van der Waals surface area contributed by atoms with Gasteiger partial charge in [0.05, 0.1) is 29.3 Å². The van der Waals surface area contributed by atoms with Gasteiger partial charge in [-0.05, 0) is 43.9 Å². The predicted octanol–water partition coefficient (Wildman–Crippen LogP) is 4.09. The molecule has 10 nitrogen and oxygen atoms in total. The van der Waals surface area contributed by atoms with Crippen molar-refractivity contribution in [3.8, 4) is 11.4 Å². The number of ether oxygens (including phenoxy) is 1. The van der Waals surface area contributed by atoms with E-state index in [2.05, 4.69) is 30.9 Å². The Balaban J connectivity index is 1.24. The minimum absolute atomic E-state index is 0.0872. The van der Waals surface area contributed by atoms with Crippen LogP contribution in [-0.4, -0.2) is 42.9 Å². The van der Waals surface area contributed by atoms with Crippen LogP contribution in [0.4, 0.5) is 33.9 Å². The van der Waals surface area contributed by atoms with Crippen LogP contribution in [0.5, 0.6) is 0 Å². The number of rotatable bonds is 7. The van der Waals surface area contributed by atoms with Gasteiger partial charge in [0.2, 0.25) is 11.9 Å². The first-order valence-electron chi connectivity index (χ1n) is 11.4. The molecule has 3 aromatic heterocycles. The van der Waals surface area contributed by atoms with Crippen LogP contribution in [0.1, 0.15) is 31.4 Å². The zero-order valence-corrected chi connectivity index (χ0v) is 19.6. The zero-order valence-electron chi connectivity index (χ0n) is 19.6. The Hall–Kier alpha value is -4.10. The van der Waals surface area contributed by atoms with Crippen molar-refractivity contribution in [2.45, 2.75) is 31.8 Å². The van der Waals surface area contributed by atoms with Gasteiger partial charge in [0.15, 0.2) is 11.5 Å². The molecule has 3 atom stereocenters. The van der Waals surface area contributed by atoms with E-state index in [0.29, 0.717) is 6.20 Å². The van der Waals surface area contributed by atoms with E-state index in [0.717, 1.165) is 18.9 Å². The van der Waals surface area contributed by atoms with Crippen molar-refractivity contribution < 1.29 is 31.9 Å². The fourth-order valence-corrected chi connectivity index (χ4v) is 4.30. The number of aromatic nitrogens is 5. The summed E-state index contributed by atoms with van der Waals surface area (Å²) < 4.78 is 61.6. The van der Waals surface area contributed by atoms with Gasteiger partial charge in [-0.15, -0.1) is 5.10 Å². The molecular weight excluding hydrogens is 498 g/mol. The van der Waals surface area contributed by atoms with Gasteiger partial charge in [-0.1, -0.05) is 5.21 Å². The second kappa shape index (κ2) is 9.09. The lowest BCUT2D eigenvalue weighted by atomic mass is 10.2. The Kier molecular flexibility index (Phi) is 6.04. The summed E-state index contributed by atoms with van der Waals surface area (Å²) in [5, 5.41) is 12.7. The fraction of sp³-hybridized carbons (Fsp3) is 0.391. The third-order valence-corrected chi connectivity index (χ3v) is 6.40. The summed E-state index contributed by atoms with van der Waals surface area (Å²) in [5.41, 5.74) is 0.377. The van der Waals surface area contributed by atoms with Crippen LogP contribution in [0.25, 0.3) is 11.4 Å². The maximum absolute atomic E-state index is 14.0. The van der Waals surface area contributed by atoms with Gasteiger partial charge in [-0.2, -0.15) is 4.39 Å². The topological polar surface area (TPSA) is 124 Å². The van der Waals surface area contributed by atoms with Gasteiger partial charge in [0.1, 0.15) is 17.8 Å². The number of nitrogens with zero attached hydrogens (tertiary/aromatic N) is 5. The van der Waals surface area contributed by atoms with E-state index in [4.69, 9.17) is 4.74 Å². The smallest absolute Gasteiger partial charge is 0.413 e. The monoisotopic (exact) mass is 519 g/mol. The van der Waals surface area contributed by atoms with Crippen molar-refractivity contribution in [2.24, 2.45) is 24.8 Å². The van der Waals surface area contributed by atoms with Gasteiger partial charge < -0.3 is 10.1 Å². The Morgan fingerprint density at radius 2 is 1.92 bits per heavy atom. The Labute approximate surface area is 207 Å². The standard InChI is InChI=1S/C23H21F4N7O3/c1-10(14-7-12(24)8-29-19(14)25)37-22(36)31-20-18(32-33-34(20)2)15-6-5-13(9-28-15)30-21(35)17-16(11-3-4-11)23(17,26)27/h5-11,16-17H,3-4H2,1-2H3,(H,30,35)(H,31,36)/t10-,16?,17-/m1/s1. The molecule has 0 aromatic carbocycles. The van der Waals surface area contributed by atoms with E-state index >= 15 is 0 Å². The van der Waals surface area contributed by atoms with Crippen molar-refractivity contribution >= 4 is 23.5 Å². The molecule has 2 amide bonds. The molecular formula is C23H21F4N7O3. The molecule has 5 rings (SSSR count). The minimum atomic E-state index is -2.98. The third-order valence-electron chi connectivity index (χ3n) is 6.40. The van der Waals surface area contributed by atoms with Gasteiger partial charge in [0, 0.05) is 13.0 Å². The van der Waals surface area contributed by atoms with Gasteiger partial charge >= 0.3 is 6.09 Å². The number of hydrogen-bond acceptors (Lipinski definition) is 7. The summed E-state index contributed by atoms with van der Waals surface area (Å²) in [4.78, 5) is 32.2. The Bertz CT molecular complexity index is 1360. The maximum Gasteiger partial charge on any atom is 0.413 e. The highest BCUT2D eigenvalue weighted by molar-refractivity contribution is 5.96. The van der Waals surface area contributed by atoms with E-state index in [9.17, 15) is 27.2 Å². The van der Waals surface area contributed by atoms with Crippen molar-refractivity contribution in [3.63, 3.8) is 0 Å². The highest BCUT2D eigenvalue weighted by atomic mass is 19.3. The predicted molar refractivity (Wildman–Crippen MR) is 120 cm³/mol. The number of alkyl halides is 2. The van der Waals surface area contributed by atoms with E-state index in [1.54, 1.807) is 0 Å².